The van der Waals surface area contributed by atoms with Gasteiger partial charge in [0.05, 0.1) is 16.8 Å². The van der Waals surface area contributed by atoms with Crippen LogP contribution >= 0.6 is 0 Å². The van der Waals surface area contributed by atoms with Gasteiger partial charge in [0.2, 0.25) is 0 Å². The van der Waals surface area contributed by atoms with E-state index >= 15 is 0 Å². The number of hydrogen-bond donors (Lipinski definition) is 1. The van der Waals surface area contributed by atoms with Gasteiger partial charge in [0, 0.05) is 36.5 Å². The summed E-state index contributed by atoms with van der Waals surface area (Å²) in [5.41, 5.74) is 7.61. The largest absolute Gasteiger partial charge is 0.397 e. The highest BCUT2D eigenvalue weighted by atomic mass is 28.4. The Morgan fingerprint density at radius 2 is 2.00 bits per heavy atom. The Kier molecular flexibility index (Phi) is 6.80. The summed E-state index contributed by atoms with van der Waals surface area (Å²) in [6, 6.07) is 4.97. The zero-order valence-corrected chi connectivity index (χ0v) is 21.2. The predicted octanol–water partition coefficient (Wildman–Crippen LogP) is 5.15. The Morgan fingerprint density at radius 1 is 1.30 bits per heavy atom. The zero-order valence-electron chi connectivity index (χ0n) is 20.2. The van der Waals surface area contributed by atoms with Crippen LogP contribution in [0.2, 0.25) is 18.1 Å². The van der Waals surface area contributed by atoms with Gasteiger partial charge in [-0.3, -0.25) is 14.9 Å². The summed E-state index contributed by atoms with van der Waals surface area (Å²) in [6.45, 7) is 13.6. The molecule has 10 heteroatoms. The number of nitro benzene ring substituents is 1. The van der Waals surface area contributed by atoms with Crippen LogP contribution in [0.25, 0.3) is 10.9 Å². The maximum absolute atomic E-state index is 11.5. The number of carbonyl (C=O) groups excluding carboxylic acids is 1. The molecule has 0 spiro atoms. The molecule has 0 aliphatic carbocycles. The topological polar surface area (TPSA) is 118 Å². The lowest BCUT2D eigenvalue weighted by atomic mass is 10.2. The van der Waals surface area contributed by atoms with Gasteiger partial charge in [-0.15, -0.1) is 0 Å². The summed E-state index contributed by atoms with van der Waals surface area (Å²) < 4.78 is 10.6. The summed E-state index contributed by atoms with van der Waals surface area (Å²) in [5, 5.41) is 12.3. The lowest BCUT2D eigenvalue weighted by Crippen LogP contribution is -2.42. The third kappa shape index (κ3) is 5.33. The minimum absolute atomic E-state index is 0.0189. The van der Waals surface area contributed by atoms with Crippen molar-refractivity contribution in [2.75, 3.05) is 0 Å². The molecular formula is C23H33N5O4Si. The van der Waals surface area contributed by atoms with Gasteiger partial charge < -0.3 is 19.3 Å². The molecule has 1 atom stereocenters. The highest BCUT2D eigenvalue weighted by molar-refractivity contribution is 6.74. The van der Waals surface area contributed by atoms with E-state index in [9.17, 15) is 14.9 Å². The predicted molar refractivity (Wildman–Crippen MR) is 131 cm³/mol. The second-order valence-corrected chi connectivity index (χ2v) is 14.8. The molecule has 9 nitrogen and oxygen atoms in total. The summed E-state index contributed by atoms with van der Waals surface area (Å²) in [5.74, 6) is -0.573. The Hall–Kier alpha value is -2.98. The quantitative estimate of drug-likeness (QED) is 0.263. The molecule has 0 bridgehead atoms. The van der Waals surface area contributed by atoms with Crippen LogP contribution in [-0.2, 0) is 11.0 Å². The van der Waals surface area contributed by atoms with E-state index in [0.717, 1.165) is 22.9 Å². The Morgan fingerprint density at radius 3 is 2.58 bits per heavy atom. The van der Waals surface area contributed by atoms with Crippen LogP contribution in [0.5, 0.6) is 0 Å². The van der Waals surface area contributed by atoms with Gasteiger partial charge >= 0.3 is 0 Å². The summed E-state index contributed by atoms with van der Waals surface area (Å²) in [4.78, 5) is 26.5. The van der Waals surface area contributed by atoms with E-state index in [1.54, 1.807) is 24.7 Å². The van der Waals surface area contributed by atoms with Crippen LogP contribution in [0.3, 0.4) is 0 Å². The van der Waals surface area contributed by atoms with Crippen LogP contribution < -0.4 is 5.73 Å². The van der Waals surface area contributed by atoms with Crippen molar-refractivity contribution in [2.24, 2.45) is 5.73 Å². The van der Waals surface area contributed by atoms with Gasteiger partial charge in [-0.25, -0.2) is 4.98 Å². The molecule has 178 valence electrons. The average molecular weight is 472 g/mol. The normalized spacial score (nSPS) is 13.4. The SMILES string of the molecule is Cc1cn(CCC[C@@H](O[Si](C)(C)C(C)(C)C)n2cnc(C(N)=O)c2)c2cc([N+](=O)[O-])ccc12. The first-order valence-corrected chi connectivity index (χ1v) is 14.0. The summed E-state index contributed by atoms with van der Waals surface area (Å²) >= 11 is 0. The highest BCUT2D eigenvalue weighted by Crippen LogP contribution is 2.39. The van der Waals surface area contributed by atoms with Crippen molar-refractivity contribution < 1.29 is 14.1 Å². The molecule has 0 saturated carbocycles. The van der Waals surface area contributed by atoms with E-state index < -0.39 is 14.2 Å². The maximum atomic E-state index is 11.5. The lowest BCUT2D eigenvalue weighted by molar-refractivity contribution is -0.384. The molecule has 0 aliphatic rings. The first-order chi connectivity index (χ1) is 15.3. The van der Waals surface area contributed by atoms with Crippen molar-refractivity contribution in [1.82, 2.24) is 14.1 Å². The number of nitro groups is 1. The molecule has 0 radical (unpaired) electrons. The molecule has 2 N–H and O–H groups in total. The van der Waals surface area contributed by atoms with Crippen LogP contribution in [0.4, 0.5) is 5.69 Å². The number of non-ortho nitro benzene ring substituents is 1. The molecule has 33 heavy (non-hydrogen) atoms. The monoisotopic (exact) mass is 471 g/mol. The second-order valence-electron chi connectivity index (χ2n) is 10.0. The van der Waals surface area contributed by atoms with E-state index in [1.807, 2.05) is 17.7 Å². The minimum atomic E-state index is -2.10. The van der Waals surface area contributed by atoms with Gasteiger partial charge in [-0.05, 0) is 49.5 Å². The van der Waals surface area contributed by atoms with Crippen molar-refractivity contribution in [3.8, 4) is 0 Å². The van der Waals surface area contributed by atoms with Gasteiger partial charge in [0.15, 0.2) is 8.32 Å². The van der Waals surface area contributed by atoms with E-state index in [1.165, 1.54) is 6.07 Å². The zero-order chi connectivity index (χ0) is 24.6. The van der Waals surface area contributed by atoms with Gasteiger partial charge in [-0.1, -0.05) is 20.8 Å². The van der Waals surface area contributed by atoms with Gasteiger partial charge in [0.25, 0.3) is 11.6 Å². The molecule has 2 heterocycles. The van der Waals surface area contributed by atoms with Crippen LogP contribution in [0, 0.1) is 17.0 Å². The molecule has 0 saturated heterocycles. The first-order valence-electron chi connectivity index (χ1n) is 11.0. The molecule has 2 aromatic heterocycles. The van der Waals surface area contributed by atoms with Crippen molar-refractivity contribution >= 4 is 30.8 Å². The average Bonchev–Trinajstić information content (AvgIpc) is 3.32. The van der Waals surface area contributed by atoms with E-state index in [0.29, 0.717) is 13.0 Å². The van der Waals surface area contributed by atoms with Crippen LogP contribution in [0.1, 0.15) is 55.9 Å². The molecule has 0 aliphatic heterocycles. The number of hydrogen-bond acceptors (Lipinski definition) is 5. The number of benzene rings is 1. The third-order valence-electron chi connectivity index (χ3n) is 6.55. The molecule has 3 aromatic rings. The van der Waals surface area contributed by atoms with E-state index in [-0.39, 0.29) is 27.6 Å². The number of nitrogens with zero attached hydrogens (tertiary/aromatic N) is 4. The standard InChI is InChI=1S/C23H33N5O4Si/c1-16-13-26(20-12-17(28(30)31)9-10-18(16)20)11-7-8-21(32-33(5,6)23(2,3)4)27-14-19(22(24)29)25-15-27/h9-10,12-15,21H,7-8,11H2,1-6H3,(H2,24,29)/t21-/m1/s1. The lowest BCUT2D eigenvalue weighted by Gasteiger charge is -2.39. The van der Waals surface area contributed by atoms with Crippen molar-refractivity contribution in [1.29, 1.82) is 0 Å². The minimum Gasteiger partial charge on any atom is -0.397 e. The molecule has 0 unspecified atom stereocenters. The molecular weight excluding hydrogens is 438 g/mol. The number of aryl methyl sites for hydroxylation is 2. The number of carbonyl (C=O) groups is 1. The van der Waals surface area contributed by atoms with Gasteiger partial charge in [0.1, 0.15) is 11.9 Å². The van der Waals surface area contributed by atoms with Gasteiger partial charge in [-0.2, -0.15) is 0 Å². The Bertz CT molecular complexity index is 1180. The van der Waals surface area contributed by atoms with Crippen molar-refractivity contribution in [3.63, 3.8) is 0 Å². The van der Waals surface area contributed by atoms with Crippen LogP contribution in [0.15, 0.2) is 36.9 Å². The van der Waals surface area contributed by atoms with Crippen molar-refractivity contribution in [2.45, 2.75) is 71.4 Å². The number of primary amides is 1. The fourth-order valence-corrected chi connectivity index (χ4v) is 4.88. The second kappa shape index (κ2) is 9.10. The van der Waals surface area contributed by atoms with Crippen molar-refractivity contribution in [3.05, 3.63) is 58.3 Å². The highest BCUT2D eigenvalue weighted by Gasteiger charge is 2.39. The fourth-order valence-electron chi connectivity index (χ4n) is 3.61. The first kappa shape index (κ1) is 24.7. The number of amides is 1. The number of nitrogens with two attached hydrogens (primary N) is 1. The molecule has 1 aromatic carbocycles. The Labute approximate surface area is 194 Å². The number of aromatic nitrogens is 3. The summed E-state index contributed by atoms with van der Waals surface area (Å²) in [7, 11) is -2.10. The molecule has 3 rings (SSSR count). The van der Waals surface area contributed by atoms with E-state index in [4.69, 9.17) is 10.2 Å². The number of fused-ring (bicyclic) bond motifs is 1. The molecule has 0 fully saturated rings. The maximum Gasteiger partial charge on any atom is 0.271 e. The number of imidazole rings is 1. The number of rotatable bonds is 9. The third-order valence-corrected chi connectivity index (χ3v) is 11.0. The van der Waals surface area contributed by atoms with Crippen LogP contribution in [-0.4, -0.2) is 33.3 Å². The fraction of sp³-hybridized carbons (Fsp3) is 0.478. The Balaban J connectivity index is 1.83. The summed E-state index contributed by atoms with van der Waals surface area (Å²) in [6.07, 6.45) is 6.43. The van der Waals surface area contributed by atoms with E-state index in [2.05, 4.69) is 43.4 Å². The smallest absolute Gasteiger partial charge is 0.271 e. The molecule has 1 amide bonds.